The zero-order valence-corrected chi connectivity index (χ0v) is 11.2. The summed E-state index contributed by atoms with van der Waals surface area (Å²) in [6, 6.07) is 15.3. The van der Waals surface area contributed by atoms with E-state index in [0.717, 1.165) is 5.52 Å². The molecule has 1 aliphatic carbocycles. The van der Waals surface area contributed by atoms with Gasteiger partial charge in [-0.3, -0.25) is 4.98 Å². The predicted molar refractivity (Wildman–Crippen MR) is 80.6 cm³/mol. The highest BCUT2D eigenvalue weighted by molar-refractivity contribution is 6.07. The first-order valence-corrected chi connectivity index (χ1v) is 7.12. The number of fused-ring (bicyclic) bond motifs is 3. The first-order chi connectivity index (χ1) is 9.33. The Kier molecular flexibility index (Phi) is 2.34. The Bertz CT molecular complexity index is 769. The van der Waals surface area contributed by atoms with Crippen molar-refractivity contribution in [1.82, 2.24) is 4.98 Å². The van der Waals surface area contributed by atoms with Crippen molar-refractivity contribution < 1.29 is 0 Å². The zero-order chi connectivity index (χ0) is 12.8. The summed E-state index contributed by atoms with van der Waals surface area (Å²) in [5, 5.41) is 4.00. The molecule has 1 nitrogen and oxygen atoms in total. The molecule has 1 aromatic heterocycles. The number of rotatable bonds is 1. The van der Waals surface area contributed by atoms with Crippen LogP contribution in [0.3, 0.4) is 0 Å². The quantitative estimate of drug-likeness (QED) is 0.554. The number of aromatic nitrogens is 1. The molecule has 1 heteroatoms. The molecular formula is C18H17N. The predicted octanol–water partition coefficient (Wildman–Crippen LogP) is 4.96. The van der Waals surface area contributed by atoms with Crippen molar-refractivity contribution >= 4 is 21.7 Å². The lowest BCUT2D eigenvalue weighted by Crippen LogP contribution is -2.11. The zero-order valence-electron chi connectivity index (χ0n) is 11.2. The smallest absolute Gasteiger partial charge is 0.0712 e. The highest BCUT2D eigenvalue weighted by Gasteiger charge is 2.23. The Hall–Kier alpha value is -1.89. The van der Waals surface area contributed by atoms with Crippen LogP contribution >= 0.6 is 0 Å². The molecular weight excluding hydrogens is 230 g/mol. The van der Waals surface area contributed by atoms with E-state index in [4.69, 9.17) is 4.98 Å². The molecule has 0 N–H and O–H groups in total. The topological polar surface area (TPSA) is 12.9 Å². The molecule has 0 atom stereocenters. The van der Waals surface area contributed by atoms with Crippen LogP contribution in [0.4, 0.5) is 0 Å². The Balaban J connectivity index is 2.13. The maximum Gasteiger partial charge on any atom is 0.0712 e. The van der Waals surface area contributed by atoms with Gasteiger partial charge in [0.2, 0.25) is 0 Å². The summed E-state index contributed by atoms with van der Waals surface area (Å²) in [5.74, 6) is 0.676. The fourth-order valence-corrected chi connectivity index (χ4v) is 3.09. The van der Waals surface area contributed by atoms with Crippen LogP contribution in [0.2, 0.25) is 0 Å². The Labute approximate surface area is 113 Å². The molecule has 1 aliphatic rings. The number of nitrogens with zero attached hydrogens (tertiary/aromatic N) is 1. The molecule has 2 aromatic carbocycles. The third-order valence-electron chi connectivity index (χ3n) is 4.38. The minimum atomic E-state index is 0.676. The van der Waals surface area contributed by atoms with E-state index >= 15 is 0 Å². The Morgan fingerprint density at radius 2 is 1.74 bits per heavy atom. The molecule has 94 valence electrons. The molecule has 0 radical (unpaired) electrons. The molecule has 4 rings (SSSR count). The first kappa shape index (κ1) is 11.0. The number of pyridine rings is 1. The minimum Gasteiger partial charge on any atom is -0.252 e. The van der Waals surface area contributed by atoms with Crippen molar-refractivity contribution in [2.75, 3.05) is 0 Å². The summed E-state index contributed by atoms with van der Waals surface area (Å²) in [7, 11) is 0. The van der Waals surface area contributed by atoms with Gasteiger partial charge in [-0.2, -0.15) is 0 Å². The van der Waals surface area contributed by atoms with Crippen LogP contribution in [0.1, 0.15) is 36.4 Å². The fourth-order valence-electron chi connectivity index (χ4n) is 3.09. The van der Waals surface area contributed by atoms with Crippen molar-refractivity contribution in [3.05, 3.63) is 53.7 Å². The van der Waals surface area contributed by atoms with Gasteiger partial charge in [-0.15, -0.1) is 0 Å². The number of aryl methyl sites for hydroxylation is 1. The van der Waals surface area contributed by atoms with E-state index in [2.05, 4.69) is 49.4 Å². The van der Waals surface area contributed by atoms with Gasteiger partial charge in [0, 0.05) is 16.7 Å². The average molecular weight is 247 g/mol. The molecule has 0 amide bonds. The first-order valence-electron chi connectivity index (χ1n) is 7.12. The van der Waals surface area contributed by atoms with Crippen molar-refractivity contribution in [3.63, 3.8) is 0 Å². The third-order valence-corrected chi connectivity index (χ3v) is 4.38. The van der Waals surface area contributed by atoms with E-state index in [9.17, 15) is 0 Å². The largest absolute Gasteiger partial charge is 0.252 e. The molecule has 0 spiro atoms. The molecule has 1 heterocycles. The molecule has 0 aliphatic heterocycles. The lowest BCUT2D eigenvalue weighted by molar-refractivity contribution is 0.415. The van der Waals surface area contributed by atoms with Crippen LogP contribution in [0.25, 0.3) is 21.7 Å². The van der Waals surface area contributed by atoms with Crippen molar-refractivity contribution in [1.29, 1.82) is 0 Å². The summed E-state index contributed by atoms with van der Waals surface area (Å²) < 4.78 is 0. The number of benzene rings is 2. The number of hydrogen-bond acceptors (Lipinski definition) is 1. The van der Waals surface area contributed by atoms with Crippen molar-refractivity contribution in [2.45, 2.75) is 32.1 Å². The van der Waals surface area contributed by atoms with Crippen LogP contribution in [0.5, 0.6) is 0 Å². The van der Waals surface area contributed by atoms with Gasteiger partial charge in [-0.05, 0) is 37.3 Å². The van der Waals surface area contributed by atoms with Gasteiger partial charge in [-0.1, -0.05) is 42.3 Å². The van der Waals surface area contributed by atoms with Gasteiger partial charge in [0.1, 0.15) is 0 Å². The normalized spacial score (nSPS) is 15.8. The molecule has 0 unspecified atom stereocenters. The summed E-state index contributed by atoms with van der Waals surface area (Å²) in [4.78, 5) is 4.97. The van der Waals surface area contributed by atoms with E-state index in [0.29, 0.717) is 5.92 Å². The third kappa shape index (κ3) is 1.65. The van der Waals surface area contributed by atoms with Gasteiger partial charge >= 0.3 is 0 Å². The Morgan fingerprint density at radius 3 is 2.47 bits per heavy atom. The molecule has 0 bridgehead atoms. The van der Waals surface area contributed by atoms with Crippen LogP contribution < -0.4 is 0 Å². The highest BCUT2D eigenvalue weighted by atomic mass is 14.7. The second-order valence-electron chi connectivity index (χ2n) is 5.69. The van der Waals surface area contributed by atoms with Gasteiger partial charge in [-0.25, -0.2) is 0 Å². The maximum absolute atomic E-state index is 4.97. The van der Waals surface area contributed by atoms with Crippen molar-refractivity contribution in [2.24, 2.45) is 0 Å². The van der Waals surface area contributed by atoms with Crippen LogP contribution in [0, 0.1) is 6.92 Å². The second kappa shape index (κ2) is 4.06. The van der Waals surface area contributed by atoms with Crippen LogP contribution in [0.15, 0.2) is 42.5 Å². The van der Waals surface area contributed by atoms with E-state index in [1.165, 1.54) is 46.7 Å². The molecule has 3 aromatic rings. The molecule has 0 saturated heterocycles. The van der Waals surface area contributed by atoms with Crippen molar-refractivity contribution in [3.8, 4) is 0 Å². The second-order valence-corrected chi connectivity index (χ2v) is 5.69. The minimum absolute atomic E-state index is 0.676. The van der Waals surface area contributed by atoms with Crippen LogP contribution in [-0.4, -0.2) is 4.98 Å². The number of hydrogen-bond donors (Lipinski definition) is 0. The van der Waals surface area contributed by atoms with Gasteiger partial charge in [0.05, 0.1) is 11.2 Å². The molecule has 1 fully saturated rings. The average Bonchev–Trinajstić information content (AvgIpc) is 2.38. The lowest BCUT2D eigenvalue weighted by atomic mass is 9.80. The van der Waals surface area contributed by atoms with Gasteiger partial charge in [0.15, 0.2) is 0 Å². The summed E-state index contributed by atoms with van der Waals surface area (Å²) in [5.41, 5.74) is 3.76. The lowest BCUT2D eigenvalue weighted by Gasteiger charge is -2.26. The highest BCUT2D eigenvalue weighted by Crippen LogP contribution is 2.40. The summed E-state index contributed by atoms with van der Waals surface area (Å²) in [6.45, 7) is 2.15. The Morgan fingerprint density at radius 1 is 0.947 bits per heavy atom. The standard InChI is InChI=1S/C18H17N/c1-12-9-10-17-16(11-12)14-7-2-3-8-15(14)18(19-17)13-5-4-6-13/h2-3,7-11,13H,4-6H2,1H3. The van der Waals surface area contributed by atoms with E-state index < -0.39 is 0 Å². The van der Waals surface area contributed by atoms with Crippen LogP contribution in [-0.2, 0) is 0 Å². The summed E-state index contributed by atoms with van der Waals surface area (Å²) >= 11 is 0. The van der Waals surface area contributed by atoms with Gasteiger partial charge in [0.25, 0.3) is 0 Å². The fraction of sp³-hybridized carbons (Fsp3) is 0.278. The maximum atomic E-state index is 4.97. The monoisotopic (exact) mass is 247 g/mol. The molecule has 19 heavy (non-hydrogen) atoms. The van der Waals surface area contributed by atoms with E-state index in [1.54, 1.807) is 0 Å². The van der Waals surface area contributed by atoms with E-state index in [-0.39, 0.29) is 0 Å². The van der Waals surface area contributed by atoms with E-state index in [1.807, 2.05) is 0 Å². The SMILES string of the molecule is Cc1ccc2nc(C3CCC3)c3ccccc3c2c1. The van der Waals surface area contributed by atoms with Gasteiger partial charge < -0.3 is 0 Å². The molecule has 1 saturated carbocycles. The summed E-state index contributed by atoms with van der Waals surface area (Å²) in [6.07, 6.45) is 3.95.